The van der Waals surface area contributed by atoms with Gasteiger partial charge in [-0.1, -0.05) is 19.8 Å². The number of pyridine rings is 1. The highest BCUT2D eigenvalue weighted by Gasteiger charge is 2.17. The number of aromatic nitrogens is 1. The van der Waals surface area contributed by atoms with E-state index < -0.39 is 18.0 Å². The van der Waals surface area contributed by atoms with Crippen LogP contribution in [-0.4, -0.2) is 35.2 Å². The van der Waals surface area contributed by atoms with Crippen molar-refractivity contribution in [2.75, 3.05) is 12.4 Å². The van der Waals surface area contributed by atoms with Crippen molar-refractivity contribution >= 4 is 17.8 Å². The Balaban J connectivity index is 2.78. The van der Waals surface area contributed by atoms with Gasteiger partial charge in [-0.15, -0.1) is 0 Å². The van der Waals surface area contributed by atoms with Gasteiger partial charge in [-0.25, -0.2) is 14.6 Å². The number of anilines is 1. The molecule has 0 bridgehead atoms. The van der Waals surface area contributed by atoms with E-state index in [-0.39, 0.29) is 0 Å². The Labute approximate surface area is 111 Å². The Morgan fingerprint density at radius 1 is 1.53 bits per heavy atom. The number of methoxy groups -OCH3 is 1. The van der Waals surface area contributed by atoms with Crippen LogP contribution in [0.2, 0.25) is 0 Å². The first-order valence-electron chi connectivity index (χ1n) is 6.12. The Morgan fingerprint density at radius 3 is 2.84 bits per heavy atom. The Hall–Kier alpha value is -2.11. The number of esters is 1. The summed E-state index contributed by atoms with van der Waals surface area (Å²) in [5, 5.41) is 11.9. The van der Waals surface area contributed by atoms with Gasteiger partial charge in [-0.05, 0) is 18.6 Å². The molecule has 2 N–H and O–H groups in total. The molecule has 104 valence electrons. The highest BCUT2D eigenvalue weighted by atomic mass is 16.5. The van der Waals surface area contributed by atoms with Crippen molar-refractivity contribution in [3.63, 3.8) is 0 Å². The molecule has 1 aromatic heterocycles. The van der Waals surface area contributed by atoms with Crippen LogP contribution < -0.4 is 5.32 Å². The standard InChI is InChI=1S/C13H18N2O4/c1-3-4-5-10(12(16)17)15-11-8-9(6-7-14-11)13(18)19-2/h6-8,10H,3-5H2,1-2H3,(H,14,15)(H,16,17). The molecule has 0 saturated heterocycles. The first kappa shape index (κ1) is 14.9. The molecule has 1 aromatic rings. The zero-order chi connectivity index (χ0) is 14.3. The second-order valence-electron chi connectivity index (χ2n) is 4.10. The van der Waals surface area contributed by atoms with Crippen molar-refractivity contribution in [2.45, 2.75) is 32.2 Å². The minimum atomic E-state index is -0.932. The van der Waals surface area contributed by atoms with Gasteiger partial charge >= 0.3 is 11.9 Å². The molecule has 0 aliphatic carbocycles. The predicted octanol–water partition coefficient (Wildman–Crippen LogP) is 1.92. The maximum atomic E-state index is 11.4. The number of hydrogen-bond donors (Lipinski definition) is 2. The molecule has 0 aliphatic rings. The summed E-state index contributed by atoms with van der Waals surface area (Å²) in [4.78, 5) is 26.5. The summed E-state index contributed by atoms with van der Waals surface area (Å²) in [5.41, 5.74) is 0.333. The molecule has 0 aliphatic heterocycles. The van der Waals surface area contributed by atoms with Crippen molar-refractivity contribution in [1.29, 1.82) is 0 Å². The molecule has 1 heterocycles. The first-order valence-corrected chi connectivity index (χ1v) is 6.12. The number of hydrogen-bond acceptors (Lipinski definition) is 5. The van der Waals surface area contributed by atoms with Gasteiger partial charge in [0.05, 0.1) is 12.7 Å². The summed E-state index contributed by atoms with van der Waals surface area (Å²) in [7, 11) is 1.29. The molecule has 1 rings (SSSR count). The number of unbranched alkanes of at least 4 members (excludes halogenated alkanes) is 1. The van der Waals surface area contributed by atoms with Crippen LogP contribution in [0, 0.1) is 0 Å². The highest BCUT2D eigenvalue weighted by Crippen LogP contribution is 2.12. The molecule has 1 unspecified atom stereocenters. The Bertz CT molecular complexity index is 448. The largest absolute Gasteiger partial charge is 0.480 e. The van der Waals surface area contributed by atoms with E-state index in [0.29, 0.717) is 17.8 Å². The number of carbonyl (C=O) groups is 2. The first-order chi connectivity index (χ1) is 9.08. The summed E-state index contributed by atoms with van der Waals surface area (Å²) in [6.45, 7) is 2.00. The molecule has 0 spiro atoms. The van der Waals surface area contributed by atoms with Gasteiger partial charge < -0.3 is 15.2 Å². The van der Waals surface area contributed by atoms with Gasteiger partial charge in [0.15, 0.2) is 0 Å². The fourth-order valence-electron chi connectivity index (χ4n) is 1.60. The van der Waals surface area contributed by atoms with Crippen LogP contribution in [0.5, 0.6) is 0 Å². The summed E-state index contributed by atoms with van der Waals surface area (Å²) in [6.07, 6.45) is 3.67. The van der Waals surface area contributed by atoms with Crippen LogP contribution in [-0.2, 0) is 9.53 Å². The topological polar surface area (TPSA) is 88.5 Å². The number of carboxylic acids is 1. The van der Waals surface area contributed by atoms with Gasteiger partial charge in [-0.2, -0.15) is 0 Å². The van der Waals surface area contributed by atoms with Crippen LogP contribution in [0.4, 0.5) is 5.82 Å². The lowest BCUT2D eigenvalue weighted by Gasteiger charge is -2.14. The number of rotatable bonds is 7. The van der Waals surface area contributed by atoms with Crippen LogP contribution in [0.3, 0.4) is 0 Å². The summed E-state index contributed by atoms with van der Waals surface area (Å²) >= 11 is 0. The van der Waals surface area contributed by atoms with Crippen LogP contribution in [0.1, 0.15) is 36.5 Å². The van der Waals surface area contributed by atoms with E-state index in [1.165, 1.54) is 25.4 Å². The minimum Gasteiger partial charge on any atom is -0.480 e. The lowest BCUT2D eigenvalue weighted by atomic mass is 10.1. The van der Waals surface area contributed by atoms with E-state index in [2.05, 4.69) is 15.0 Å². The molecular formula is C13H18N2O4. The smallest absolute Gasteiger partial charge is 0.338 e. The van der Waals surface area contributed by atoms with Gasteiger partial charge in [-0.3, -0.25) is 0 Å². The lowest BCUT2D eigenvalue weighted by Crippen LogP contribution is -2.29. The van der Waals surface area contributed by atoms with Crippen LogP contribution in [0.25, 0.3) is 0 Å². The van der Waals surface area contributed by atoms with E-state index in [1.807, 2.05) is 6.92 Å². The SMILES string of the molecule is CCCCC(Nc1cc(C(=O)OC)ccn1)C(=O)O. The number of nitrogens with zero attached hydrogens (tertiary/aromatic N) is 1. The summed E-state index contributed by atoms with van der Waals surface area (Å²) < 4.78 is 4.60. The maximum Gasteiger partial charge on any atom is 0.338 e. The quantitative estimate of drug-likeness (QED) is 0.733. The molecule has 0 amide bonds. The lowest BCUT2D eigenvalue weighted by molar-refractivity contribution is -0.138. The molecule has 0 aromatic carbocycles. The van der Waals surface area contributed by atoms with Gasteiger partial charge in [0.1, 0.15) is 11.9 Å². The van der Waals surface area contributed by atoms with E-state index in [0.717, 1.165) is 12.8 Å². The van der Waals surface area contributed by atoms with Crippen molar-refractivity contribution < 1.29 is 19.4 Å². The maximum absolute atomic E-state index is 11.4. The van der Waals surface area contributed by atoms with Crippen molar-refractivity contribution in [3.8, 4) is 0 Å². The molecule has 1 atom stereocenters. The molecule has 6 nitrogen and oxygen atoms in total. The average molecular weight is 266 g/mol. The summed E-state index contributed by atoms with van der Waals surface area (Å²) in [5.74, 6) is -1.06. The summed E-state index contributed by atoms with van der Waals surface area (Å²) in [6, 6.07) is 2.28. The third-order valence-electron chi connectivity index (χ3n) is 2.65. The predicted molar refractivity (Wildman–Crippen MR) is 70.1 cm³/mol. The molecular weight excluding hydrogens is 248 g/mol. The zero-order valence-corrected chi connectivity index (χ0v) is 11.0. The molecule has 0 radical (unpaired) electrons. The monoisotopic (exact) mass is 266 g/mol. The molecule has 19 heavy (non-hydrogen) atoms. The average Bonchev–Trinajstić information content (AvgIpc) is 2.42. The number of ether oxygens (including phenoxy) is 1. The van der Waals surface area contributed by atoms with Crippen molar-refractivity contribution in [1.82, 2.24) is 4.98 Å². The number of aliphatic carboxylic acids is 1. The number of carbonyl (C=O) groups excluding carboxylic acids is 1. The van der Waals surface area contributed by atoms with E-state index in [4.69, 9.17) is 5.11 Å². The second-order valence-corrected chi connectivity index (χ2v) is 4.10. The molecule has 0 fully saturated rings. The Morgan fingerprint density at radius 2 is 2.26 bits per heavy atom. The van der Waals surface area contributed by atoms with Crippen molar-refractivity contribution in [2.24, 2.45) is 0 Å². The molecule has 0 saturated carbocycles. The van der Waals surface area contributed by atoms with Crippen LogP contribution >= 0.6 is 0 Å². The number of carboxylic acid groups (broad SMARTS) is 1. The normalized spacial score (nSPS) is 11.7. The zero-order valence-electron chi connectivity index (χ0n) is 11.0. The van der Waals surface area contributed by atoms with Crippen LogP contribution in [0.15, 0.2) is 18.3 Å². The molecule has 6 heteroatoms. The van der Waals surface area contributed by atoms with Gasteiger partial charge in [0.2, 0.25) is 0 Å². The van der Waals surface area contributed by atoms with E-state index >= 15 is 0 Å². The highest BCUT2D eigenvalue weighted by molar-refractivity contribution is 5.90. The number of nitrogens with one attached hydrogen (secondary N) is 1. The Kier molecular flexibility index (Phi) is 5.78. The van der Waals surface area contributed by atoms with Crippen molar-refractivity contribution in [3.05, 3.63) is 23.9 Å². The van der Waals surface area contributed by atoms with Gasteiger partial charge in [0, 0.05) is 6.20 Å². The third-order valence-corrected chi connectivity index (χ3v) is 2.65. The van der Waals surface area contributed by atoms with E-state index in [9.17, 15) is 9.59 Å². The fourth-order valence-corrected chi connectivity index (χ4v) is 1.60. The van der Waals surface area contributed by atoms with E-state index in [1.54, 1.807) is 0 Å². The fraction of sp³-hybridized carbons (Fsp3) is 0.462. The second kappa shape index (κ2) is 7.35. The van der Waals surface area contributed by atoms with Gasteiger partial charge in [0.25, 0.3) is 0 Å². The minimum absolute atomic E-state index is 0.333. The third kappa shape index (κ3) is 4.57.